The maximum Gasteiger partial charge on any atom is 0.338 e. The predicted octanol–water partition coefficient (Wildman–Crippen LogP) is 3.23. The van der Waals surface area contributed by atoms with Gasteiger partial charge in [0.15, 0.2) is 0 Å². The summed E-state index contributed by atoms with van der Waals surface area (Å²) in [7, 11) is 0. The minimum atomic E-state index is -1.34. The molecule has 0 radical (unpaired) electrons. The van der Waals surface area contributed by atoms with Crippen LogP contribution in [0.3, 0.4) is 0 Å². The Morgan fingerprint density at radius 2 is 2.00 bits per heavy atom. The highest BCUT2D eigenvalue weighted by atomic mass is 19.1. The summed E-state index contributed by atoms with van der Waals surface area (Å²) in [5.41, 5.74) is -0.0542. The minimum Gasteiger partial charge on any atom is -0.478 e. The molecule has 21 heavy (non-hydrogen) atoms. The second-order valence-electron chi connectivity index (χ2n) is 5.83. The van der Waals surface area contributed by atoms with Gasteiger partial charge >= 0.3 is 12.0 Å². The molecule has 2 amide bonds. The highest BCUT2D eigenvalue weighted by Crippen LogP contribution is 2.36. The fraction of sp³-hybridized carbons (Fsp3) is 0.467. The Bertz CT molecular complexity index is 554. The summed E-state index contributed by atoms with van der Waals surface area (Å²) in [5, 5.41) is 14.0. The van der Waals surface area contributed by atoms with E-state index in [-0.39, 0.29) is 11.1 Å². The van der Waals surface area contributed by atoms with Crippen molar-refractivity contribution in [2.45, 2.75) is 32.6 Å². The maximum atomic E-state index is 13.5. The molecule has 6 heteroatoms. The van der Waals surface area contributed by atoms with Crippen molar-refractivity contribution in [3.8, 4) is 0 Å². The number of amides is 2. The second kappa shape index (κ2) is 6.11. The summed E-state index contributed by atoms with van der Waals surface area (Å²) in [6.45, 7) is 2.72. The van der Waals surface area contributed by atoms with E-state index in [0.29, 0.717) is 6.54 Å². The summed E-state index contributed by atoms with van der Waals surface area (Å²) in [4.78, 5) is 22.5. The van der Waals surface area contributed by atoms with Crippen LogP contribution in [0.2, 0.25) is 0 Å². The number of rotatable bonds is 4. The Kier molecular flexibility index (Phi) is 4.45. The summed E-state index contributed by atoms with van der Waals surface area (Å²) in [6.07, 6.45) is 4.55. The Balaban J connectivity index is 1.90. The molecule has 5 nitrogen and oxygen atoms in total. The number of hydrogen-bond acceptors (Lipinski definition) is 2. The third kappa shape index (κ3) is 3.93. The molecule has 0 spiro atoms. The van der Waals surface area contributed by atoms with E-state index in [4.69, 9.17) is 5.11 Å². The molecular formula is C15H19FN2O3. The molecule has 0 aliphatic heterocycles. The van der Waals surface area contributed by atoms with Crippen LogP contribution in [-0.2, 0) is 0 Å². The maximum absolute atomic E-state index is 13.5. The van der Waals surface area contributed by atoms with Gasteiger partial charge in [0.2, 0.25) is 0 Å². The summed E-state index contributed by atoms with van der Waals surface area (Å²) in [6, 6.07) is 3.08. The fourth-order valence-corrected chi connectivity index (χ4v) is 2.64. The SMILES string of the molecule is CC1(CNC(=O)Nc2ccc(C(=O)O)c(F)c2)CCCC1. The third-order valence-electron chi connectivity index (χ3n) is 3.94. The molecule has 2 rings (SSSR count). The number of carbonyl (C=O) groups is 2. The molecule has 114 valence electrons. The van der Waals surface area contributed by atoms with Crippen molar-refractivity contribution in [1.82, 2.24) is 5.32 Å². The topological polar surface area (TPSA) is 78.4 Å². The van der Waals surface area contributed by atoms with Crippen LogP contribution in [-0.4, -0.2) is 23.7 Å². The quantitative estimate of drug-likeness (QED) is 0.797. The van der Waals surface area contributed by atoms with Crippen molar-refractivity contribution in [2.75, 3.05) is 11.9 Å². The van der Waals surface area contributed by atoms with Gasteiger partial charge in [-0.3, -0.25) is 0 Å². The molecule has 0 bridgehead atoms. The van der Waals surface area contributed by atoms with E-state index >= 15 is 0 Å². The molecule has 1 fully saturated rings. The van der Waals surface area contributed by atoms with E-state index in [1.165, 1.54) is 18.9 Å². The Hall–Kier alpha value is -2.11. The van der Waals surface area contributed by atoms with Crippen molar-refractivity contribution < 1.29 is 19.1 Å². The number of carboxylic acid groups (broad SMARTS) is 1. The van der Waals surface area contributed by atoms with Crippen LogP contribution >= 0.6 is 0 Å². The Morgan fingerprint density at radius 1 is 1.33 bits per heavy atom. The smallest absolute Gasteiger partial charge is 0.338 e. The zero-order valence-electron chi connectivity index (χ0n) is 11.9. The van der Waals surface area contributed by atoms with E-state index in [1.54, 1.807) is 0 Å². The lowest BCUT2D eigenvalue weighted by molar-refractivity contribution is 0.0692. The van der Waals surface area contributed by atoms with Gasteiger partial charge in [0.1, 0.15) is 5.82 Å². The molecule has 1 aliphatic rings. The number of hydrogen-bond donors (Lipinski definition) is 3. The number of aromatic carboxylic acids is 1. The molecular weight excluding hydrogens is 275 g/mol. The monoisotopic (exact) mass is 294 g/mol. The van der Waals surface area contributed by atoms with Gasteiger partial charge in [-0.15, -0.1) is 0 Å². The number of nitrogens with one attached hydrogen (secondary N) is 2. The standard InChI is InChI=1S/C15H19FN2O3/c1-15(6-2-3-7-15)9-17-14(21)18-10-4-5-11(13(19)20)12(16)8-10/h4-5,8H,2-3,6-7,9H2,1H3,(H,19,20)(H2,17,18,21). The van der Waals surface area contributed by atoms with E-state index in [9.17, 15) is 14.0 Å². The average Bonchev–Trinajstić information content (AvgIpc) is 2.84. The van der Waals surface area contributed by atoms with Crippen molar-refractivity contribution in [3.05, 3.63) is 29.6 Å². The van der Waals surface area contributed by atoms with Crippen LogP contribution in [0, 0.1) is 11.2 Å². The molecule has 0 aromatic heterocycles. The van der Waals surface area contributed by atoms with Gasteiger partial charge in [0.05, 0.1) is 5.56 Å². The molecule has 1 aromatic carbocycles. The average molecular weight is 294 g/mol. The van der Waals surface area contributed by atoms with Crippen LogP contribution in [0.15, 0.2) is 18.2 Å². The highest BCUT2D eigenvalue weighted by Gasteiger charge is 2.28. The van der Waals surface area contributed by atoms with E-state index in [2.05, 4.69) is 17.6 Å². The van der Waals surface area contributed by atoms with E-state index < -0.39 is 23.4 Å². The van der Waals surface area contributed by atoms with Crippen molar-refractivity contribution in [1.29, 1.82) is 0 Å². The van der Waals surface area contributed by atoms with E-state index in [0.717, 1.165) is 25.0 Å². The van der Waals surface area contributed by atoms with Gasteiger partial charge in [-0.25, -0.2) is 14.0 Å². The van der Waals surface area contributed by atoms with E-state index in [1.807, 2.05) is 0 Å². The normalized spacial score (nSPS) is 16.5. The zero-order valence-corrected chi connectivity index (χ0v) is 11.9. The van der Waals surface area contributed by atoms with Gasteiger partial charge in [-0.2, -0.15) is 0 Å². The van der Waals surface area contributed by atoms with Crippen molar-refractivity contribution in [3.63, 3.8) is 0 Å². The van der Waals surface area contributed by atoms with Crippen LogP contribution in [0.1, 0.15) is 43.0 Å². The number of carboxylic acids is 1. The van der Waals surface area contributed by atoms with Gasteiger partial charge in [-0.1, -0.05) is 19.8 Å². The lowest BCUT2D eigenvalue weighted by atomic mass is 9.89. The Labute approximate surface area is 122 Å². The van der Waals surface area contributed by atoms with Crippen LogP contribution in [0.25, 0.3) is 0 Å². The second-order valence-corrected chi connectivity index (χ2v) is 5.83. The minimum absolute atomic E-state index is 0.135. The third-order valence-corrected chi connectivity index (χ3v) is 3.94. The van der Waals surface area contributed by atoms with Crippen molar-refractivity contribution in [2.24, 2.45) is 5.41 Å². The molecule has 1 saturated carbocycles. The van der Waals surface area contributed by atoms with Crippen molar-refractivity contribution >= 4 is 17.7 Å². The zero-order chi connectivity index (χ0) is 15.5. The number of anilines is 1. The molecule has 1 aliphatic carbocycles. The summed E-state index contributed by atoms with van der Waals surface area (Å²) >= 11 is 0. The summed E-state index contributed by atoms with van der Waals surface area (Å²) < 4.78 is 13.5. The van der Waals surface area contributed by atoms with Gasteiger partial charge < -0.3 is 15.7 Å². The number of benzene rings is 1. The first kappa shape index (κ1) is 15.3. The molecule has 0 heterocycles. The largest absolute Gasteiger partial charge is 0.478 e. The summed E-state index contributed by atoms with van der Waals surface area (Å²) in [5.74, 6) is -2.21. The molecule has 0 atom stereocenters. The lowest BCUT2D eigenvalue weighted by Crippen LogP contribution is -2.36. The number of urea groups is 1. The van der Waals surface area contributed by atoms with Gasteiger partial charge in [0.25, 0.3) is 0 Å². The highest BCUT2D eigenvalue weighted by molar-refractivity contribution is 5.91. The van der Waals surface area contributed by atoms with Gasteiger partial charge in [-0.05, 0) is 36.5 Å². The van der Waals surface area contributed by atoms with Crippen LogP contribution < -0.4 is 10.6 Å². The van der Waals surface area contributed by atoms with Gasteiger partial charge in [0, 0.05) is 12.2 Å². The number of carbonyl (C=O) groups excluding carboxylic acids is 1. The van der Waals surface area contributed by atoms with Crippen LogP contribution in [0.5, 0.6) is 0 Å². The molecule has 3 N–H and O–H groups in total. The Morgan fingerprint density at radius 3 is 2.57 bits per heavy atom. The fourth-order valence-electron chi connectivity index (χ4n) is 2.64. The first-order valence-electron chi connectivity index (χ1n) is 6.97. The first-order valence-corrected chi connectivity index (χ1v) is 6.97. The number of halogens is 1. The predicted molar refractivity (Wildman–Crippen MR) is 77.0 cm³/mol. The molecule has 0 saturated heterocycles. The first-order chi connectivity index (χ1) is 9.89. The van der Waals surface area contributed by atoms with Crippen LogP contribution in [0.4, 0.5) is 14.9 Å². The lowest BCUT2D eigenvalue weighted by Gasteiger charge is -2.23. The molecule has 1 aromatic rings. The molecule has 0 unspecified atom stereocenters.